The quantitative estimate of drug-likeness (QED) is 0.551. The van der Waals surface area contributed by atoms with Crippen molar-refractivity contribution in [1.82, 2.24) is 0 Å². The first-order valence-electron chi connectivity index (χ1n) is 3.95. The van der Waals surface area contributed by atoms with Crippen LogP contribution in [0, 0.1) is 5.92 Å². The van der Waals surface area contributed by atoms with Gasteiger partial charge in [0.25, 0.3) is 5.91 Å². The first-order chi connectivity index (χ1) is 6.29. The highest BCUT2D eigenvalue weighted by Gasteiger charge is 2.17. The molecular formula is C10H7NO2. The summed E-state index contributed by atoms with van der Waals surface area (Å²) in [4.78, 5) is 25.1. The van der Waals surface area contributed by atoms with Gasteiger partial charge in [0, 0.05) is 17.6 Å². The van der Waals surface area contributed by atoms with Crippen LogP contribution in [-0.2, 0) is 9.59 Å². The Balaban J connectivity index is 2.39. The van der Waals surface area contributed by atoms with Gasteiger partial charge in [-0.1, -0.05) is 18.2 Å². The van der Waals surface area contributed by atoms with E-state index in [4.69, 9.17) is 0 Å². The number of fused-ring (bicyclic) bond motifs is 1. The molecule has 0 aromatic carbocycles. The van der Waals surface area contributed by atoms with Crippen molar-refractivity contribution in [3.63, 3.8) is 0 Å². The second-order valence-electron chi connectivity index (χ2n) is 2.88. The molecule has 64 valence electrons. The monoisotopic (exact) mass is 173 g/mol. The summed E-state index contributed by atoms with van der Waals surface area (Å²) in [6, 6.07) is 0. The fourth-order valence-electron chi connectivity index (χ4n) is 1.32. The lowest BCUT2D eigenvalue weighted by molar-refractivity contribution is -0.113. The Kier molecular flexibility index (Phi) is 1.77. The van der Waals surface area contributed by atoms with Gasteiger partial charge in [0.05, 0.1) is 5.71 Å². The molecule has 0 aromatic rings. The van der Waals surface area contributed by atoms with Crippen LogP contribution in [0.4, 0.5) is 0 Å². The molecule has 3 nitrogen and oxygen atoms in total. The van der Waals surface area contributed by atoms with E-state index in [0.29, 0.717) is 11.3 Å². The van der Waals surface area contributed by atoms with Crippen molar-refractivity contribution in [2.24, 2.45) is 10.9 Å². The number of carbonyl (C=O) groups is 2. The highest BCUT2D eigenvalue weighted by atomic mass is 16.1. The van der Waals surface area contributed by atoms with Crippen LogP contribution in [0.5, 0.6) is 0 Å². The molecule has 0 aromatic heterocycles. The van der Waals surface area contributed by atoms with E-state index < -0.39 is 0 Å². The Morgan fingerprint density at radius 3 is 2.85 bits per heavy atom. The van der Waals surface area contributed by atoms with E-state index in [1.54, 1.807) is 18.2 Å². The molecule has 1 amide bonds. The maximum absolute atomic E-state index is 10.9. The van der Waals surface area contributed by atoms with Gasteiger partial charge in [0.15, 0.2) is 0 Å². The molecule has 0 spiro atoms. The average molecular weight is 173 g/mol. The molecule has 2 rings (SSSR count). The number of allylic oxidation sites excluding steroid dienone is 5. The molecule has 0 radical (unpaired) electrons. The van der Waals surface area contributed by atoms with Crippen LogP contribution in [0.25, 0.3) is 0 Å². The third kappa shape index (κ3) is 1.40. The number of dihydropyridines is 1. The minimum absolute atomic E-state index is 0.0569. The molecule has 3 heteroatoms. The molecule has 1 unspecified atom stereocenters. The van der Waals surface area contributed by atoms with Gasteiger partial charge in [-0.3, -0.25) is 9.59 Å². The van der Waals surface area contributed by atoms with E-state index in [0.717, 1.165) is 6.29 Å². The molecular weight excluding hydrogens is 166 g/mol. The summed E-state index contributed by atoms with van der Waals surface area (Å²) in [6.45, 7) is 0. The molecule has 1 aliphatic carbocycles. The molecule has 0 fully saturated rings. The van der Waals surface area contributed by atoms with Crippen LogP contribution in [0.3, 0.4) is 0 Å². The fourth-order valence-corrected chi connectivity index (χ4v) is 1.32. The number of aldehydes is 1. The van der Waals surface area contributed by atoms with E-state index in [2.05, 4.69) is 4.99 Å². The SMILES string of the molecule is O=CC1=CC2=NC(=O)C=CC2C=C1. The van der Waals surface area contributed by atoms with Crippen molar-refractivity contribution >= 4 is 17.9 Å². The minimum atomic E-state index is -0.261. The van der Waals surface area contributed by atoms with Crippen molar-refractivity contribution in [2.45, 2.75) is 0 Å². The van der Waals surface area contributed by atoms with Gasteiger partial charge in [0.2, 0.25) is 0 Å². The van der Waals surface area contributed by atoms with Gasteiger partial charge in [-0.2, -0.15) is 0 Å². The largest absolute Gasteiger partial charge is 0.298 e. The van der Waals surface area contributed by atoms with Crippen LogP contribution < -0.4 is 0 Å². The zero-order chi connectivity index (χ0) is 9.26. The van der Waals surface area contributed by atoms with Crippen molar-refractivity contribution in [2.75, 3.05) is 0 Å². The summed E-state index contributed by atoms with van der Waals surface area (Å²) in [5.41, 5.74) is 1.20. The molecule has 0 saturated carbocycles. The lowest BCUT2D eigenvalue weighted by Gasteiger charge is -2.15. The summed E-state index contributed by atoms with van der Waals surface area (Å²) in [5.74, 6) is -0.204. The third-order valence-electron chi connectivity index (χ3n) is 1.97. The van der Waals surface area contributed by atoms with E-state index >= 15 is 0 Å². The average Bonchev–Trinajstić information content (AvgIpc) is 2.16. The van der Waals surface area contributed by atoms with Crippen molar-refractivity contribution in [1.29, 1.82) is 0 Å². The van der Waals surface area contributed by atoms with Crippen molar-refractivity contribution in [3.8, 4) is 0 Å². The van der Waals surface area contributed by atoms with Gasteiger partial charge in [-0.25, -0.2) is 4.99 Å². The Bertz CT molecular complexity index is 386. The van der Waals surface area contributed by atoms with E-state index in [1.807, 2.05) is 6.08 Å². The summed E-state index contributed by atoms with van der Waals surface area (Å²) >= 11 is 0. The number of hydrogen-bond donors (Lipinski definition) is 0. The second kappa shape index (κ2) is 2.94. The normalized spacial score (nSPS) is 24.9. The van der Waals surface area contributed by atoms with Crippen molar-refractivity contribution < 1.29 is 9.59 Å². The number of nitrogens with zero attached hydrogens (tertiary/aromatic N) is 1. The lowest BCUT2D eigenvalue weighted by Crippen LogP contribution is -2.17. The molecule has 13 heavy (non-hydrogen) atoms. The maximum atomic E-state index is 10.9. The van der Waals surface area contributed by atoms with Gasteiger partial charge < -0.3 is 0 Å². The molecule has 1 aliphatic heterocycles. The summed E-state index contributed by atoms with van der Waals surface area (Å²) in [5, 5.41) is 0. The van der Waals surface area contributed by atoms with Crippen LogP contribution in [0.15, 0.2) is 40.9 Å². The Morgan fingerprint density at radius 2 is 2.08 bits per heavy atom. The zero-order valence-electron chi connectivity index (χ0n) is 6.81. The second-order valence-corrected chi connectivity index (χ2v) is 2.88. The van der Waals surface area contributed by atoms with E-state index in [-0.39, 0.29) is 11.8 Å². The summed E-state index contributed by atoms with van der Waals surface area (Å²) in [6.07, 6.45) is 9.19. The van der Waals surface area contributed by atoms with Crippen LogP contribution >= 0.6 is 0 Å². The molecule has 0 saturated heterocycles. The van der Waals surface area contributed by atoms with Crippen LogP contribution in [0.1, 0.15) is 0 Å². The van der Waals surface area contributed by atoms with Gasteiger partial charge in [0.1, 0.15) is 6.29 Å². The minimum Gasteiger partial charge on any atom is -0.298 e. The van der Waals surface area contributed by atoms with Gasteiger partial charge >= 0.3 is 0 Å². The Labute approximate surface area is 75.2 Å². The van der Waals surface area contributed by atoms with E-state index in [9.17, 15) is 9.59 Å². The van der Waals surface area contributed by atoms with E-state index in [1.165, 1.54) is 6.08 Å². The highest BCUT2D eigenvalue weighted by molar-refractivity contribution is 6.13. The molecule has 2 aliphatic rings. The fraction of sp³-hybridized carbons (Fsp3) is 0.100. The first-order valence-corrected chi connectivity index (χ1v) is 3.95. The van der Waals surface area contributed by atoms with Crippen molar-refractivity contribution in [3.05, 3.63) is 36.0 Å². The summed E-state index contributed by atoms with van der Waals surface area (Å²) in [7, 11) is 0. The number of rotatable bonds is 1. The number of carbonyl (C=O) groups excluding carboxylic acids is 2. The lowest BCUT2D eigenvalue weighted by atomic mass is 9.93. The smallest absolute Gasteiger partial charge is 0.269 e. The topological polar surface area (TPSA) is 46.5 Å². The Hall–Kier alpha value is -1.77. The van der Waals surface area contributed by atoms with Crippen LogP contribution in [-0.4, -0.2) is 17.9 Å². The van der Waals surface area contributed by atoms with Crippen LogP contribution in [0.2, 0.25) is 0 Å². The summed E-state index contributed by atoms with van der Waals surface area (Å²) < 4.78 is 0. The maximum Gasteiger partial charge on any atom is 0.269 e. The first kappa shape index (κ1) is 7.86. The zero-order valence-corrected chi connectivity index (χ0v) is 6.81. The number of hydrogen-bond acceptors (Lipinski definition) is 2. The standard InChI is InChI=1S/C10H7NO2/c12-6-7-1-2-8-3-4-10(13)11-9(8)5-7/h1-6,8H. The molecule has 0 bridgehead atoms. The number of aliphatic imine (C=N–C) groups is 1. The molecule has 0 N–H and O–H groups in total. The predicted molar refractivity (Wildman–Crippen MR) is 48.4 cm³/mol. The Morgan fingerprint density at radius 1 is 1.31 bits per heavy atom. The van der Waals surface area contributed by atoms with Gasteiger partial charge in [-0.05, 0) is 6.08 Å². The van der Waals surface area contributed by atoms with Gasteiger partial charge in [-0.15, -0.1) is 0 Å². The number of amides is 1. The molecule has 1 atom stereocenters. The highest BCUT2D eigenvalue weighted by Crippen LogP contribution is 2.17. The predicted octanol–water partition coefficient (Wildman–Crippen LogP) is 0.835. The third-order valence-corrected chi connectivity index (χ3v) is 1.97. The molecule has 1 heterocycles.